The number of carbonyl (C=O) groups excluding carboxylic acids is 1. The summed E-state index contributed by atoms with van der Waals surface area (Å²) >= 11 is 4.22. The van der Waals surface area contributed by atoms with E-state index in [-0.39, 0.29) is 11.5 Å². The maximum Gasteiger partial charge on any atom is 0.257 e. The monoisotopic (exact) mass is 293 g/mol. The van der Waals surface area contributed by atoms with Gasteiger partial charge in [0.2, 0.25) is 0 Å². The number of hydrogen-bond donors (Lipinski definition) is 1. The van der Waals surface area contributed by atoms with Crippen LogP contribution in [0.5, 0.6) is 0 Å². The zero-order valence-electron chi connectivity index (χ0n) is 11.5. The Kier molecular flexibility index (Phi) is 4.01. The predicted molar refractivity (Wildman–Crippen MR) is 79.7 cm³/mol. The second kappa shape index (κ2) is 5.76. The van der Waals surface area contributed by atoms with Crippen LogP contribution in [0, 0.1) is 11.7 Å². The van der Waals surface area contributed by atoms with Gasteiger partial charge < -0.3 is 4.90 Å². The van der Waals surface area contributed by atoms with Gasteiger partial charge in [0, 0.05) is 17.5 Å². The minimum Gasteiger partial charge on any atom is -0.335 e. The summed E-state index contributed by atoms with van der Waals surface area (Å²) in [5, 5.41) is 0. The molecule has 3 rings (SSSR count). The second-order valence-electron chi connectivity index (χ2n) is 5.92. The van der Waals surface area contributed by atoms with Crippen LogP contribution in [0.2, 0.25) is 0 Å². The standard InChI is InChI=1S/C16H20FNOS/c17-14-8-7-12(20)10-13(14)16(19)18-9-3-5-11-4-1-2-6-15(11)18/h7-8,10-11,15,20H,1-6,9H2. The molecular weight excluding hydrogens is 273 g/mol. The zero-order valence-corrected chi connectivity index (χ0v) is 12.4. The summed E-state index contributed by atoms with van der Waals surface area (Å²) in [6.07, 6.45) is 6.98. The van der Waals surface area contributed by atoms with Crippen molar-refractivity contribution in [3.8, 4) is 0 Å². The molecule has 1 aromatic carbocycles. The summed E-state index contributed by atoms with van der Waals surface area (Å²) in [6.45, 7) is 0.760. The van der Waals surface area contributed by atoms with Crippen LogP contribution in [0.4, 0.5) is 4.39 Å². The van der Waals surface area contributed by atoms with E-state index in [0.29, 0.717) is 16.9 Å². The molecule has 0 radical (unpaired) electrons. The van der Waals surface area contributed by atoms with Crippen LogP contribution < -0.4 is 0 Å². The second-order valence-corrected chi connectivity index (χ2v) is 6.43. The number of rotatable bonds is 1. The minimum atomic E-state index is -0.439. The molecule has 2 fully saturated rings. The van der Waals surface area contributed by atoms with Gasteiger partial charge in [-0.15, -0.1) is 12.6 Å². The van der Waals surface area contributed by atoms with E-state index in [1.807, 2.05) is 4.90 Å². The first-order valence-corrected chi connectivity index (χ1v) is 7.91. The van der Waals surface area contributed by atoms with Crippen LogP contribution in [0.15, 0.2) is 23.1 Å². The first-order chi connectivity index (χ1) is 9.66. The number of amides is 1. The van der Waals surface area contributed by atoms with E-state index in [1.165, 1.54) is 31.7 Å². The third-order valence-electron chi connectivity index (χ3n) is 4.68. The van der Waals surface area contributed by atoms with E-state index in [9.17, 15) is 9.18 Å². The van der Waals surface area contributed by atoms with Gasteiger partial charge in [-0.05, 0) is 49.8 Å². The van der Waals surface area contributed by atoms with Crippen molar-refractivity contribution < 1.29 is 9.18 Å². The largest absolute Gasteiger partial charge is 0.335 e. The molecule has 2 atom stereocenters. The molecule has 0 bridgehead atoms. The molecule has 4 heteroatoms. The van der Waals surface area contributed by atoms with Crippen molar-refractivity contribution in [1.82, 2.24) is 4.90 Å². The summed E-state index contributed by atoms with van der Waals surface area (Å²) in [5.74, 6) is 0.0180. The van der Waals surface area contributed by atoms with Crippen molar-refractivity contribution in [1.29, 1.82) is 0 Å². The van der Waals surface area contributed by atoms with Crippen molar-refractivity contribution >= 4 is 18.5 Å². The van der Waals surface area contributed by atoms with Gasteiger partial charge in [-0.1, -0.05) is 12.8 Å². The Hall–Kier alpha value is -1.03. The summed E-state index contributed by atoms with van der Waals surface area (Å²) in [6, 6.07) is 4.77. The van der Waals surface area contributed by atoms with Crippen LogP contribution in [0.3, 0.4) is 0 Å². The average molecular weight is 293 g/mol. The molecule has 0 N–H and O–H groups in total. The first-order valence-electron chi connectivity index (χ1n) is 7.46. The molecular formula is C16H20FNOS. The third-order valence-corrected chi connectivity index (χ3v) is 4.96. The Morgan fingerprint density at radius 2 is 1.95 bits per heavy atom. The SMILES string of the molecule is O=C(c1cc(S)ccc1F)N1CCCC2CCCCC21. The van der Waals surface area contributed by atoms with Gasteiger partial charge in [-0.2, -0.15) is 0 Å². The fourth-order valence-corrected chi connectivity index (χ4v) is 3.91. The Labute approximate surface area is 124 Å². The van der Waals surface area contributed by atoms with Crippen molar-refractivity contribution in [3.05, 3.63) is 29.6 Å². The van der Waals surface area contributed by atoms with Gasteiger partial charge in [0.05, 0.1) is 5.56 Å². The highest BCUT2D eigenvalue weighted by molar-refractivity contribution is 7.80. The third kappa shape index (κ3) is 2.58. The minimum absolute atomic E-state index is 0.157. The maximum atomic E-state index is 13.9. The lowest BCUT2D eigenvalue weighted by Crippen LogP contribution is -2.49. The molecule has 1 heterocycles. The van der Waals surface area contributed by atoms with Gasteiger partial charge in [-0.3, -0.25) is 4.79 Å². The lowest BCUT2D eigenvalue weighted by atomic mass is 9.78. The number of carbonyl (C=O) groups is 1. The highest BCUT2D eigenvalue weighted by atomic mass is 32.1. The Balaban J connectivity index is 1.87. The summed E-state index contributed by atoms with van der Waals surface area (Å²) < 4.78 is 13.9. The molecule has 108 valence electrons. The van der Waals surface area contributed by atoms with Crippen molar-refractivity contribution in [3.63, 3.8) is 0 Å². The number of hydrogen-bond acceptors (Lipinski definition) is 2. The maximum absolute atomic E-state index is 13.9. The Morgan fingerprint density at radius 1 is 1.20 bits per heavy atom. The smallest absolute Gasteiger partial charge is 0.257 e. The number of piperidine rings is 1. The normalized spacial score (nSPS) is 26.2. The number of nitrogens with zero attached hydrogens (tertiary/aromatic N) is 1. The number of fused-ring (bicyclic) bond motifs is 1. The van der Waals surface area contributed by atoms with Gasteiger partial charge in [-0.25, -0.2) is 4.39 Å². The zero-order chi connectivity index (χ0) is 14.1. The fourth-order valence-electron chi connectivity index (χ4n) is 3.71. The number of thiol groups is 1. The summed E-state index contributed by atoms with van der Waals surface area (Å²) in [4.78, 5) is 15.2. The van der Waals surface area contributed by atoms with Crippen molar-refractivity contribution in [2.45, 2.75) is 49.5 Å². The summed E-state index contributed by atoms with van der Waals surface area (Å²) in [5.41, 5.74) is 0.170. The molecule has 0 aromatic heterocycles. The van der Waals surface area contributed by atoms with E-state index >= 15 is 0 Å². The van der Waals surface area contributed by atoms with E-state index in [2.05, 4.69) is 12.6 Å². The topological polar surface area (TPSA) is 20.3 Å². The van der Waals surface area contributed by atoms with Crippen LogP contribution in [0.1, 0.15) is 48.9 Å². The van der Waals surface area contributed by atoms with Crippen LogP contribution in [0.25, 0.3) is 0 Å². The quantitative estimate of drug-likeness (QED) is 0.778. The molecule has 1 aliphatic carbocycles. The van der Waals surface area contributed by atoms with Crippen LogP contribution >= 0.6 is 12.6 Å². The first kappa shape index (κ1) is 13.9. The molecule has 1 saturated heterocycles. The highest BCUT2D eigenvalue weighted by Crippen LogP contribution is 2.36. The van der Waals surface area contributed by atoms with Gasteiger partial charge >= 0.3 is 0 Å². The molecule has 2 aliphatic rings. The van der Waals surface area contributed by atoms with Gasteiger partial charge in [0.25, 0.3) is 5.91 Å². The molecule has 1 aromatic rings. The molecule has 2 nitrogen and oxygen atoms in total. The molecule has 1 amide bonds. The molecule has 20 heavy (non-hydrogen) atoms. The van der Waals surface area contributed by atoms with Crippen LogP contribution in [-0.2, 0) is 0 Å². The van der Waals surface area contributed by atoms with Crippen LogP contribution in [-0.4, -0.2) is 23.4 Å². The average Bonchev–Trinajstić information content (AvgIpc) is 2.48. The Bertz CT molecular complexity index is 517. The number of likely N-dealkylation sites (tertiary alicyclic amines) is 1. The summed E-state index contributed by atoms with van der Waals surface area (Å²) in [7, 11) is 0. The highest BCUT2D eigenvalue weighted by Gasteiger charge is 2.36. The fraction of sp³-hybridized carbons (Fsp3) is 0.562. The molecule has 1 saturated carbocycles. The van der Waals surface area contributed by atoms with E-state index in [1.54, 1.807) is 12.1 Å². The lowest BCUT2D eigenvalue weighted by molar-refractivity contribution is 0.0386. The molecule has 1 aliphatic heterocycles. The van der Waals surface area contributed by atoms with E-state index in [4.69, 9.17) is 0 Å². The van der Waals surface area contributed by atoms with Crippen molar-refractivity contribution in [2.24, 2.45) is 5.92 Å². The molecule has 0 spiro atoms. The Morgan fingerprint density at radius 3 is 2.80 bits per heavy atom. The van der Waals surface area contributed by atoms with E-state index in [0.717, 1.165) is 19.4 Å². The number of halogens is 1. The predicted octanol–water partition coefficient (Wildman–Crippen LogP) is 3.91. The van der Waals surface area contributed by atoms with Crippen molar-refractivity contribution in [2.75, 3.05) is 6.54 Å². The van der Waals surface area contributed by atoms with Gasteiger partial charge in [0.1, 0.15) is 5.82 Å². The number of benzene rings is 1. The van der Waals surface area contributed by atoms with E-state index < -0.39 is 5.82 Å². The van der Waals surface area contributed by atoms with Gasteiger partial charge in [0.15, 0.2) is 0 Å². The lowest BCUT2D eigenvalue weighted by Gasteiger charge is -2.44. The molecule has 2 unspecified atom stereocenters.